The number of nitrogens with one attached hydrogen (secondary N) is 2. The van der Waals surface area contributed by atoms with Gasteiger partial charge in [0.2, 0.25) is 0 Å². The van der Waals surface area contributed by atoms with Crippen LogP contribution in [0.2, 0.25) is 0 Å². The highest BCUT2D eigenvalue weighted by atomic mass is 16.5. The molecule has 2 N–H and O–H groups in total. The van der Waals surface area contributed by atoms with Crippen molar-refractivity contribution in [3.63, 3.8) is 0 Å². The molecule has 0 bridgehead atoms. The number of fused-ring (bicyclic) bond motifs is 1. The van der Waals surface area contributed by atoms with Crippen LogP contribution in [0.15, 0.2) is 36.8 Å². The Hall–Kier alpha value is -2.67. The lowest BCUT2D eigenvalue weighted by Gasteiger charge is -2.18. The summed E-state index contributed by atoms with van der Waals surface area (Å²) in [7, 11) is 3.66. The van der Waals surface area contributed by atoms with Crippen molar-refractivity contribution in [2.24, 2.45) is 0 Å². The molecule has 0 spiro atoms. The third-order valence-corrected chi connectivity index (χ3v) is 3.39. The Bertz CT molecular complexity index is 756. The molecule has 0 aliphatic rings. The van der Waals surface area contributed by atoms with E-state index in [9.17, 15) is 0 Å². The summed E-state index contributed by atoms with van der Waals surface area (Å²) >= 11 is 0. The maximum absolute atomic E-state index is 5.08. The Morgan fingerprint density at radius 3 is 3.05 bits per heavy atom. The normalized spacial score (nSPS) is 10.8. The third kappa shape index (κ3) is 3.15. The maximum Gasteiger partial charge on any atom is 0.135 e. The van der Waals surface area contributed by atoms with Crippen LogP contribution in [0, 0.1) is 0 Å². The Balaban J connectivity index is 1.76. The van der Waals surface area contributed by atoms with E-state index in [0.717, 1.165) is 34.8 Å². The van der Waals surface area contributed by atoms with Gasteiger partial charge in [-0.1, -0.05) is 0 Å². The van der Waals surface area contributed by atoms with Crippen molar-refractivity contribution in [2.45, 2.75) is 0 Å². The van der Waals surface area contributed by atoms with Gasteiger partial charge in [-0.05, 0) is 18.2 Å². The lowest BCUT2D eigenvalue weighted by Crippen LogP contribution is -2.23. The van der Waals surface area contributed by atoms with E-state index in [4.69, 9.17) is 4.74 Å². The second kappa shape index (κ2) is 6.40. The molecule has 22 heavy (non-hydrogen) atoms. The summed E-state index contributed by atoms with van der Waals surface area (Å²) in [4.78, 5) is 10.6. The number of methoxy groups -OCH3 is 1. The van der Waals surface area contributed by atoms with Crippen LogP contribution in [-0.2, 0) is 4.74 Å². The fraction of sp³-hybridized carbons (Fsp3) is 0.267. The van der Waals surface area contributed by atoms with Crippen LogP contribution in [0.4, 0.5) is 17.3 Å². The van der Waals surface area contributed by atoms with Gasteiger partial charge >= 0.3 is 0 Å². The minimum Gasteiger partial charge on any atom is -0.383 e. The number of rotatable bonds is 6. The van der Waals surface area contributed by atoms with Crippen LogP contribution in [-0.4, -0.2) is 47.5 Å². The summed E-state index contributed by atoms with van der Waals surface area (Å²) in [5.41, 5.74) is 1.96. The van der Waals surface area contributed by atoms with Gasteiger partial charge in [-0.2, -0.15) is 5.10 Å². The number of hydrogen-bond acceptors (Lipinski definition) is 6. The quantitative estimate of drug-likeness (QED) is 0.726. The number of likely N-dealkylation sites (N-methyl/N-ethyl adjacent to an activating group) is 1. The van der Waals surface area contributed by atoms with Gasteiger partial charge < -0.3 is 15.0 Å². The Labute approximate surface area is 128 Å². The van der Waals surface area contributed by atoms with E-state index < -0.39 is 0 Å². The van der Waals surface area contributed by atoms with E-state index >= 15 is 0 Å². The van der Waals surface area contributed by atoms with Crippen LogP contribution < -0.4 is 10.2 Å². The first-order chi connectivity index (χ1) is 10.8. The molecule has 0 aliphatic heterocycles. The average molecular weight is 298 g/mol. The molecule has 0 saturated heterocycles. The van der Waals surface area contributed by atoms with E-state index in [2.05, 4.69) is 25.5 Å². The van der Waals surface area contributed by atoms with E-state index in [0.29, 0.717) is 6.61 Å². The summed E-state index contributed by atoms with van der Waals surface area (Å²) in [6.45, 7) is 1.42. The number of ether oxygens (including phenoxy) is 1. The molecule has 0 saturated carbocycles. The molecule has 0 atom stereocenters. The van der Waals surface area contributed by atoms with Crippen molar-refractivity contribution in [2.75, 3.05) is 37.5 Å². The zero-order valence-corrected chi connectivity index (χ0v) is 12.6. The second-order valence-corrected chi connectivity index (χ2v) is 4.97. The molecule has 2 heterocycles. The van der Waals surface area contributed by atoms with Crippen molar-refractivity contribution in [3.8, 4) is 0 Å². The average Bonchev–Trinajstić information content (AvgIpc) is 3.00. The highest BCUT2D eigenvalue weighted by Crippen LogP contribution is 2.21. The minimum absolute atomic E-state index is 0.653. The fourth-order valence-corrected chi connectivity index (χ4v) is 2.14. The van der Waals surface area contributed by atoms with Crippen molar-refractivity contribution >= 4 is 28.2 Å². The highest BCUT2D eigenvalue weighted by Gasteiger charge is 2.05. The molecule has 1 aromatic carbocycles. The smallest absolute Gasteiger partial charge is 0.135 e. The summed E-state index contributed by atoms with van der Waals surface area (Å²) < 4.78 is 5.08. The lowest BCUT2D eigenvalue weighted by molar-refractivity contribution is 0.206. The molecule has 0 radical (unpaired) electrons. The first-order valence-electron chi connectivity index (χ1n) is 6.98. The van der Waals surface area contributed by atoms with Crippen LogP contribution in [0.3, 0.4) is 0 Å². The van der Waals surface area contributed by atoms with Gasteiger partial charge in [0.05, 0.1) is 18.3 Å². The molecule has 0 amide bonds. The van der Waals surface area contributed by atoms with Gasteiger partial charge in [-0.3, -0.25) is 5.10 Å². The van der Waals surface area contributed by atoms with Crippen LogP contribution in [0.5, 0.6) is 0 Å². The number of aromatic amines is 1. The van der Waals surface area contributed by atoms with Gasteiger partial charge in [0.25, 0.3) is 0 Å². The number of anilines is 3. The zero-order valence-electron chi connectivity index (χ0n) is 12.6. The van der Waals surface area contributed by atoms with E-state index in [1.165, 1.54) is 0 Å². The van der Waals surface area contributed by atoms with Crippen molar-refractivity contribution in [3.05, 3.63) is 36.8 Å². The molecular weight excluding hydrogens is 280 g/mol. The number of H-pyrrole nitrogens is 1. The first kappa shape index (κ1) is 14.3. The van der Waals surface area contributed by atoms with Gasteiger partial charge in [0.15, 0.2) is 0 Å². The monoisotopic (exact) mass is 298 g/mol. The fourth-order valence-electron chi connectivity index (χ4n) is 2.14. The summed E-state index contributed by atoms with van der Waals surface area (Å²) in [6.07, 6.45) is 3.35. The van der Waals surface area contributed by atoms with Gasteiger partial charge in [0.1, 0.15) is 18.0 Å². The minimum atomic E-state index is 0.653. The first-order valence-corrected chi connectivity index (χ1v) is 6.98. The summed E-state index contributed by atoms with van der Waals surface area (Å²) in [5.74, 6) is 1.59. The van der Waals surface area contributed by atoms with Crippen LogP contribution >= 0.6 is 0 Å². The van der Waals surface area contributed by atoms with E-state index in [-0.39, 0.29) is 0 Å². The van der Waals surface area contributed by atoms with E-state index in [1.807, 2.05) is 36.2 Å². The van der Waals surface area contributed by atoms with Gasteiger partial charge in [-0.15, -0.1) is 0 Å². The molecule has 0 aliphatic carbocycles. The predicted molar refractivity (Wildman–Crippen MR) is 86.6 cm³/mol. The molecule has 3 rings (SSSR count). The molecule has 7 nitrogen and oxygen atoms in total. The largest absolute Gasteiger partial charge is 0.383 e. The molecule has 3 aromatic rings. The summed E-state index contributed by atoms with van der Waals surface area (Å²) in [6, 6.07) is 7.90. The standard InChI is InChI=1S/C15H18N6O/c1-21(5-6-22-2)15-8-14(16-10-17-15)19-12-3-4-13-11(7-12)9-18-20-13/h3-4,7-10H,5-6H2,1-2H3,(H,18,20)(H,16,17,19). The third-order valence-electron chi connectivity index (χ3n) is 3.39. The van der Waals surface area contributed by atoms with Crippen LogP contribution in [0.1, 0.15) is 0 Å². The lowest BCUT2D eigenvalue weighted by atomic mass is 10.2. The number of hydrogen-bond donors (Lipinski definition) is 2. The molecule has 0 fully saturated rings. The molecule has 7 heteroatoms. The van der Waals surface area contributed by atoms with Crippen LogP contribution in [0.25, 0.3) is 10.9 Å². The molecule has 114 valence electrons. The second-order valence-electron chi connectivity index (χ2n) is 4.97. The maximum atomic E-state index is 5.08. The van der Waals surface area contributed by atoms with Crippen molar-refractivity contribution < 1.29 is 4.74 Å². The Morgan fingerprint density at radius 2 is 2.18 bits per heavy atom. The number of aromatic nitrogens is 4. The molecule has 2 aromatic heterocycles. The topological polar surface area (TPSA) is 79.0 Å². The zero-order chi connectivity index (χ0) is 15.4. The Kier molecular flexibility index (Phi) is 4.15. The SMILES string of the molecule is COCCN(C)c1cc(Nc2ccc3[nH]ncc3c2)ncn1. The van der Waals surface area contributed by atoms with E-state index in [1.54, 1.807) is 19.6 Å². The van der Waals surface area contributed by atoms with Gasteiger partial charge in [0, 0.05) is 37.8 Å². The number of benzene rings is 1. The number of nitrogens with zero attached hydrogens (tertiary/aromatic N) is 4. The van der Waals surface area contributed by atoms with Gasteiger partial charge in [-0.25, -0.2) is 9.97 Å². The van der Waals surface area contributed by atoms with Crippen molar-refractivity contribution in [1.82, 2.24) is 20.2 Å². The highest BCUT2D eigenvalue weighted by molar-refractivity contribution is 5.82. The molecular formula is C15H18N6O. The predicted octanol–water partition coefficient (Wildman–Crippen LogP) is 2.18. The van der Waals surface area contributed by atoms with Crippen molar-refractivity contribution in [1.29, 1.82) is 0 Å². The Morgan fingerprint density at radius 1 is 1.27 bits per heavy atom. The summed E-state index contributed by atoms with van der Waals surface area (Å²) in [5, 5.41) is 11.3. The molecule has 0 unspecified atom stereocenters.